The van der Waals surface area contributed by atoms with E-state index in [-0.39, 0.29) is 0 Å². The number of likely N-dealkylation sites (tertiary alicyclic amines) is 1. The van der Waals surface area contributed by atoms with Gasteiger partial charge < -0.3 is 10.3 Å². The van der Waals surface area contributed by atoms with Gasteiger partial charge in [-0.3, -0.25) is 5.41 Å². The quantitative estimate of drug-likeness (QED) is 0.479. The molecule has 0 aromatic carbocycles. The number of nitrogens with one attached hydrogen (secondary N) is 2. The second-order valence-electron chi connectivity index (χ2n) is 3.56. The van der Waals surface area contributed by atoms with Crippen molar-refractivity contribution in [2.24, 2.45) is 0 Å². The molecule has 1 aliphatic heterocycles. The maximum Gasteiger partial charge on any atom is 0.0928 e. The lowest BCUT2D eigenvalue weighted by Gasteiger charge is -2.24. The topological polar surface area (TPSA) is 50.9 Å². The minimum Gasteiger partial charge on any atom is -0.357 e. The Hall–Kier alpha value is -0.860. The molecule has 0 aliphatic carbocycles. The van der Waals surface area contributed by atoms with Gasteiger partial charge in [0.15, 0.2) is 0 Å². The van der Waals surface area contributed by atoms with E-state index in [1.165, 1.54) is 6.42 Å². The van der Waals surface area contributed by atoms with Crippen LogP contribution in [-0.2, 0) is 0 Å². The van der Waals surface area contributed by atoms with E-state index in [0.717, 1.165) is 25.1 Å². The van der Waals surface area contributed by atoms with E-state index < -0.39 is 0 Å². The largest absolute Gasteiger partial charge is 0.357 e. The van der Waals surface area contributed by atoms with E-state index in [0.29, 0.717) is 11.9 Å². The molecule has 68 valence electrons. The predicted molar refractivity (Wildman–Crippen MR) is 51.1 cm³/mol. The lowest BCUT2D eigenvalue weighted by Crippen LogP contribution is -2.34. The van der Waals surface area contributed by atoms with Crippen LogP contribution in [0.3, 0.4) is 0 Å². The zero-order valence-electron chi connectivity index (χ0n) is 7.85. The Morgan fingerprint density at radius 1 is 1.42 bits per heavy atom. The maximum atomic E-state index is 7.52. The molecular formula is C9H17N3. The van der Waals surface area contributed by atoms with Gasteiger partial charge in [0.1, 0.15) is 0 Å². The van der Waals surface area contributed by atoms with Crippen LogP contribution in [0.1, 0.15) is 33.1 Å². The summed E-state index contributed by atoms with van der Waals surface area (Å²) in [5, 5.41) is 14.9. The second kappa shape index (κ2) is 3.70. The molecule has 0 spiro atoms. The van der Waals surface area contributed by atoms with Gasteiger partial charge in [0.05, 0.1) is 5.84 Å². The summed E-state index contributed by atoms with van der Waals surface area (Å²) in [6, 6.07) is 0.431. The van der Waals surface area contributed by atoms with E-state index in [1.54, 1.807) is 0 Å². The third-order valence-electron chi connectivity index (χ3n) is 2.35. The number of nitrogens with zero attached hydrogens (tertiary/aromatic N) is 1. The fourth-order valence-corrected chi connectivity index (χ4v) is 1.84. The van der Waals surface area contributed by atoms with Crippen LogP contribution in [0.4, 0.5) is 0 Å². The maximum absolute atomic E-state index is 7.52. The molecule has 1 fully saturated rings. The highest BCUT2D eigenvalue weighted by atomic mass is 15.2. The minimum absolute atomic E-state index is 0.431. The molecule has 1 unspecified atom stereocenters. The molecule has 3 nitrogen and oxygen atoms in total. The van der Waals surface area contributed by atoms with Gasteiger partial charge in [-0.05, 0) is 26.7 Å². The van der Waals surface area contributed by atoms with Crippen LogP contribution < -0.4 is 0 Å². The van der Waals surface area contributed by atoms with Crippen molar-refractivity contribution in [3.05, 3.63) is 0 Å². The number of hydrogen-bond donors (Lipinski definition) is 2. The highest BCUT2D eigenvalue weighted by Crippen LogP contribution is 2.20. The Labute approximate surface area is 73.8 Å². The Morgan fingerprint density at radius 3 is 2.58 bits per heavy atom. The van der Waals surface area contributed by atoms with Crippen molar-refractivity contribution in [1.29, 1.82) is 10.8 Å². The second-order valence-corrected chi connectivity index (χ2v) is 3.56. The first-order valence-electron chi connectivity index (χ1n) is 4.47. The van der Waals surface area contributed by atoms with Gasteiger partial charge in [-0.1, -0.05) is 0 Å². The molecule has 1 rings (SSSR count). The molecule has 1 saturated heterocycles. The number of hydrogen-bond acceptors (Lipinski definition) is 2. The minimum atomic E-state index is 0.431. The molecular weight excluding hydrogens is 150 g/mol. The van der Waals surface area contributed by atoms with E-state index in [2.05, 4.69) is 4.90 Å². The lowest BCUT2D eigenvalue weighted by molar-refractivity contribution is 0.393. The molecule has 0 aromatic rings. The summed E-state index contributed by atoms with van der Waals surface area (Å²) in [6.45, 7) is 4.68. The summed E-state index contributed by atoms with van der Waals surface area (Å²) in [6.07, 6.45) is 3.15. The summed E-state index contributed by atoms with van der Waals surface area (Å²) < 4.78 is 0. The SMILES string of the molecule is CC(=N)CC1CCCN1C(C)=N. The Balaban J connectivity index is 2.52. The average Bonchev–Trinajstić information content (AvgIpc) is 2.33. The summed E-state index contributed by atoms with van der Waals surface area (Å²) in [4.78, 5) is 2.11. The van der Waals surface area contributed by atoms with Crippen molar-refractivity contribution in [2.75, 3.05) is 6.54 Å². The van der Waals surface area contributed by atoms with Gasteiger partial charge in [-0.15, -0.1) is 0 Å². The molecule has 1 atom stereocenters. The zero-order valence-corrected chi connectivity index (χ0v) is 7.85. The first-order valence-corrected chi connectivity index (χ1v) is 4.47. The normalized spacial score (nSPS) is 22.8. The first-order chi connectivity index (χ1) is 5.61. The molecule has 2 N–H and O–H groups in total. The fraction of sp³-hybridized carbons (Fsp3) is 0.778. The van der Waals surface area contributed by atoms with Crippen molar-refractivity contribution >= 4 is 11.5 Å². The van der Waals surface area contributed by atoms with Crippen LogP contribution in [-0.4, -0.2) is 29.0 Å². The first kappa shape index (κ1) is 9.23. The van der Waals surface area contributed by atoms with Crippen molar-refractivity contribution in [3.63, 3.8) is 0 Å². The third kappa shape index (κ3) is 2.06. The van der Waals surface area contributed by atoms with Crippen LogP contribution in [0, 0.1) is 10.8 Å². The van der Waals surface area contributed by atoms with Crippen LogP contribution in [0.5, 0.6) is 0 Å². The molecule has 0 saturated carbocycles. The summed E-state index contributed by atoms with van der Waals surface area (Å²) in [7, 11) is 0. The molecule has 12 heavy (non-hydrogen) atoms. The van der Waals surface area contributed by atoms with E-state index in [4.69, 9.17) is 10.8 Å². The van der Waals surface area contributed by atoms with Gasteiger partial charge in [0.2, 0.25) is 0 Å². The highest BCUT2D eigenvalue weighted by molar-refractivity contribution is 5.81. The van der Waals surface area contributed by atoms with Crippen LogP contribution in [0.25, 0.3) is 0 Å². The molecule has 1 aliphatic rings. The zero-order chi connectivity index (χ0) is 9.14. The Kier molecular flexibility index (Phi) is 2.84. The molecule has 0 radical (unpaired) electrons. The summed E-state index contributed by atoms with van der Waals surface area (Å²) >= 11 is 0. The average molecular weight is 167 g/mol. The predicted octanol–water partition coefficient (Wildman–Crippen LogP) is 1.88. The van der Waals surface area contributed by atoms with Crippen LogP contribution >= 0.6 is 0 Å². The van der Waals surface area contributed by atoms with Crippen LogP contribution in [0.15, 0.2) is 0 Å². The lowest BCUT2D eigenvalue weighted by atomic mass is 10.1. The van der Waals surface area contributed by atoms with Crippen molar-refractivity contribution < 1.29 is 0 Å². The molecule has 1 heterocycles. The number of amidine groups is 1. The van der Waals surface area contributed by atoms with Gasteiger partial charge in [-0.25, -0.2) is 0 Å². The summed E-state index contributed by atoms with van der Waals surface area (Å²) in [5.41, 5.74) is 0.730. The van der Waals surface area contributed by atoms with E-state index >= 15 is 0 Å². The monoisotopic (exact) mass is 167 g/mol. The fourth-order valence-electron chi connectivity index (χ4n) is 1.84. The molecule has 0 amide bonds. The van der Waals surface area contributed by atoms with E-state index in [9.17, 15) is 0 Å². The summed E-state index contributed by atoms with van der Waals surface area (Å²) in [5.74, 6) is 0.652. The van der Waals surface area contributed by atoms with Crippen LogP contribution in [0.2, 0.25) is 0 Å². The highest BCUT2D eigenvalue weighted by Gasteiger charge is 2.24. The molecule has 0 bridgehead atoms. The third-order valence-corrected chi connectivity index (χ3v) is 2.35. The van der Waals surface area contributed by atoms with Crippen molar-refractivity contribution in [3.8, 4) is 0 Å². The van der Waals surface area contributed by atoms with Gasteiger partial charge in [-0.2, -0.15) is 0 Å². The van der Waals surface area contributed by atoms with Gasteiger partial charge >= 0.3 is 0 Å². The van der Waals surface area contributed by atoms with E-state index in [1.807, 2.05) is 13.8 Å². The Bertz CT molecular complexity index is 198. The van der Waals surface area contributed by atoms with Crippen molar-refractivity contribution in [1.82, 2.24) is 4.90 Å². The number of rotatable bonds is 2. The van der Waals surface area contributed by atoms with Gasteiger partial charge in [0.25, 0.3) is 0 Å². The Morgan fingerprint density at radius 2 is 2.08 bits per heavy atom. The van der Waals surface area contributed by atoms with Gasteiger partial charge in [0, 0.05) is 24.7 Å². The molecule has 3 heteroatoms. The van der Waals surface area contributed by atoms with Crippen molar-refractivity contribution in [2.45, 2.75) is 39.2 Å². The standard InChI is InChI=1S/C9H17N3/c1-7(10)6-9-4-3-5-12(9)8(2)11/h9-11H,3-6H2,1-2H3. The smallest absolute Gasteiger partial charge is 0.0928 e. The molecule has 0 aromatic heterocycles.